The number of nitrogens with one attached hydrogen (secondary N) is 1. The van der Waals surface area contributed by atoms with E-state index in [0.717, 1.165) is 57.5 Å². The molecule has 2 fully saturated rings. The fourth-order valence-corrected chi connectivity index (χ4v) is 4.96. The van der Waals surface area contributed by atoms with E-state index >= 15 is 0 Å². The maximum Gasteiger partial charge on any atom is 0.254 e. The largest absolute Gasteiger partial charge is 0.497 e. The molecule has 4 rings (SSSR count). The molecule has 2 aliphatic rings. The van der Waals surface area contributed by atoms with Gasteiger partial charge in [0.25, 0.3) is 5.91 Å². The Hall–Kier alpha value is -3.06. The Morgan fingerprint density at radius 1 is 0.853 bits per heavy atom. The van der Waals surface area contributed by atoms with Crippen LogP contribution in [0.25, 0.3) is 0 Å². The molecule has 0 saturated carbocycles. The summed E-state index contributed by atoms with van der Waals surface area (Å²) in [5.41, 5.74) is 2.64. The molecule has 2 aliphatic heterocycles. The van der Waals surface area contributed by atoms with Gasteiger partial charge in [-0.2, -0.15) is 0 Å². The third-order valence-electron chi connectivity index (χ3n) is 7.09. The summed E-state index contributed by atoms with van der Waals surface area (Å²) in [6.07, 6.45) is 3.65. The molecule has 7 heteroatoms. The van der Waals surface area contributed by atoms with Crippen molar-refractivity contribution in [3.63, 3.8) is 0 Å². The highest BCUT2D eigenvalue weighted by Gasteiger charge is 2.32. The summed E-state index contributed by atoms with van der Waals surface area (Å²) in [4.78, 5) is 30.2. The standard InChI is InChI=1S/C27H35N3O4/c1-19-4-6-22(7-5-19)28-26(31)20-8-12-29(13-9-20)23-10-14-30(15-11-23)27(32)21-16-24(33-2)18-25(17-21)34-3/h4-7,16-18,20,23H,8-15H2,1-3H3,(H,28,31). The van der Waals surface area contributed by atoms with E-state index < -0.39 is 0 Å². The maximum absolute atomic E-state index is 13.1. The zero-order valence-electron chi connectivity index (χ0n) is 20.4. The van der Waals surface area contributed by atoms with Crippen molar-refractivity contribution < 1.29 is 19.1 Å². The van der Waals surface area contributed by atoms with E-state index in [2.05, 4.69) is 10.2 Å². The molecule has 2 saturated heterocycles. The van der Waals surface area contributed by atoms with Crippen LogP contribution >= 0.6 is 0 Å². The normalized spacial score (nSPS) is 17.9. The first-order valence-corrected chi connectivity index (χ1v) is 12.1. The predicted octanol–water partition coefficient (Wildman–Crippen LogP) is 3.97. The predicted molar refractivity (Wildman–Crippen MR) is 133 cm³/mol. The Morgan fingerprint density at radius 2 is 1.44 bits per heavy atom. The van der Waals surface area contributed by atoms with E-state index in [0.29, 0.717) is 23.1 Å². The molecule has 2 amide bonds. The SMILES string of the molecule is COc1cc(OC)cc(C(=O)N2CCC(N3CCC(C(=O)Nc4ccc(C)cc4)CC3)CC2)c1. The Bertz CT molecular complexity index is 969. The average molecular weight is 466 g/mol. The molecule has 0 bridgehead atoms. The first-order valence-electron chi connectivity index (χ1n) is 12.1. The minimum Gasteiger partial charge on any atom is -0.497 e. The van der Waals surface area contributed by atoms with Crippen LogP contribution in [0.5, 0.6) is 11.5 Å². The molecule has 0 radical (unpaired) electrons. The molecule has 0 aromatic heterocycles. The summed E-state index contributed by atoms with van der Waals surface area (Å²) in [6.45, 7) is 5.36. The molecule has 2 heterocycles. The second-order valence-electron chi connectivity index (χ2n) is 9.29. The molecule has 182 valence electrons. The van der Waals surface area contributed by atoms with Gasteiger partial charge in [-0.1, -0.05) is 17.7 Å². The second-order valence-corrected chi connectivity index (χ2v) is 9.29. The molecular formula is C27H35N3O4. The first kappa shape index (κ1) is 24.1. The van der Waals surface area contributed by atoms with Gasteiger partial charge in [-0.25, -0.2) is 0 Å². The van der Waals surface area contributed by atoms with E-state index in [-0.39, 0.29) is 17.7 Å². The molecule has 2 aromatic carbocycles. The van der Waals surface area contributed by atoms with Crippen LogP contribution in [0.3, 0.4) is 0 Å². The van der Waals surface area contributed by atoms with Crippen molar-refractivity contribution in [2.75, 3.05) is 45.7 Å². The van der Waals surface area contributed by atoms with Crippen LogP contribution in [0.2, 0.25) is 0 Å². The summed E-state index contributed by atoms with van der Waals surface area (Å²) in [5.74, 6) is 1.43. The monoisotopic (exact) mass is 465 g/mol. The van der Waals surface area contributed by atoms with Crippen molar-refractivity contribution in [3.8, 4) is 11.5 Å². The van der Waals surface area contributed by atoms with E-state index in [9.17, 15) is 9.59 Å². The average Bonchev–Trinajstić information content (AvgIpc) is 2.89. The van der Waals surface area contributed by atoms with E-state index in [4.69, 9.17) is 9.47 Å². The van der Waals surface area contributed by atoms with Crippen LogP contribution in [-0.4, -0.2) is 68.1 Å². The minimum atomic E-state index is 0.0159. The quantitative estimate of drug-likeness (QED) is 0.699. The highest BCUT2D eigenvalue weighted by Crippen LogP contribution is 2.27. The fourth-order valence-electron chi connectivity index (χ4n) is 4.96. The second kappa shape index (κ2) is 10.9. The lowest BCUT2D eigenvalue weighted by molar-refractivity contribution is -0.121. The molecular weight excluding hydrogens is 430 g/mol. The Morgan fingerprint density at radius 3 is 2.00 bits per heavy atom. The van der Waals surface area contributed by atoms with Gasteiger partial charge >= 0.3 is 0 Å². The van der Waals surface area contributed by atoms with Crippen molar-refractivity contribution in [3.05, 3.63) is 53.6 Å². The number of rotatable bonds is 6. The number of hydrogen-bond donors (Lipinski definition) is 1. The number of hydrogen-bond acceptors (Lipinski definition) is 5. The van der Waals surface area contributed by atoms with Gasteiger partial charge in [0, 0.05) is 42.4 Å². The van der Waals surface area contributed by atoms with Crippen LogP contribution in [-0.2, 0) is 4.79 Å². The van der Waals surface area contributed by atoms with Crippen molar-refractivity contribution in [2.24, 2.45) is 5.92 Å². The zero-order valence-corrected chi connectivity index (χ0v) is 20.4. The van der Waals surface area contributed by atoms with Crippen LogP contribution in [0.4, 0.5) is 5.69 Å². The van der Waals surface area contributed by atoms with Crippen LogP contribution < -0.4 is 14.8 Å². The third-order valence-corrected chi connectivity index (χ3v) is 7.09. The Kier molecular flexibility index (Phi) is 7.73. The third kappa shape index (κ3) is 5.70. The summed E-state index contributed by atoms with van der Waals surface area (Å²) in [5, 5.41) is 3.06. The maximum atomic E-state index is 13.1. The highest BCUT2D eigenvalue weighted by molar-refractivity contribution is 5.95. The van der Waals surface area contributed by atoms with Crippen LogP contribution in [0, 0.1) is 12.8 Å². The number of anilines is 1. The molecule has 34 heavy (non-hydrogen) atoms. The number of aryl methyl sites for hydroxylation is 1. The molecule has 0 aliphatic carbocycles. The lowest BCUT2D eigenvalue weighted by Crippen LogP contribution is -2.49. The van der Waals surface area contributed by atoms with Crippen molar-refractivity contribution in [1.82, 2.24) is 9.80 Å². The number of ether oxygens (including phenoxy) is 2. The number of piperidine rings is 2. The molecule has 2 aromatic rings. The Balaban J connectivity index is 1.25. The van der Waals surface area contributed by atoms with Gasteiger partial charge in [-0.3, -0.25) is 9.59 Å². The van der Waals surface area contributed by atoms with Gasteiger partial charge in [-0.15, -0.1) is 0 Å². The molecule has 0 spiro atoms. The Labute approximate surface area is 202 Å². The first-order chi connectivity index (χ1) is 16.5. The summed E-state index contributed by atoms with van der Waals surface area (Å²) < 4.78 is 10.6. The highest BCUT2D eigenvalue weighted by atomic mass is 16.5. The minimum absolute atomic E-state index is 0.0159. The van der Waals surface area contributed by atoms with Gasteiger partial charge in [0.2, 0.25) is 5.91 Å². The van der Waals surface area contributed by atoms with Crippen LogP contribution in [0.1, 0.15) is 41.6 Å². The van der Waals surface area contributed by atoms with Gasteiger partial charge in [0.1, 0.15) is 11.5 Å². The summed E-state index contributed by atoms with van der Waals surface area (Å²) in [7, 11) is 3.17. The molecule has 7 nitrogen and oxygen atoms in total. The topological polar surface area (TPSA) is 71.1 Å². The number of methoxy groups -OCH3 is 2. The number of amides is 2. The zero-order chi connectivity index (χ0) is 24.1. The summed E-state index contributed by atoms with van der Waals surface area (Å²) >= 11 is 0. The van der Waals surface area contributed by atoms with Gasteiger partial charge in [0.15, 0.2) is 0 Å². The van der Waals surface area contributed by atoms with Crippen molar-refractivity contribution in [2.45, 2.75) is 38.6 Å². The van der Waals surface area contributed by atoms with E-state index in [1.54, 1.807) is 32.4 Å². The number of likely N-dealkylation sites (tertiary alicyclic amines) is 2. The smallest absolute Gasteiger partial charge is 0.254 e. The lowest BCUT2D eigenvalue weighted by atomic mass is 9.92. The van der Waals surface area contributed by atoms with Gasteiger partial charge < -0.3 is 24.6 Å². The number of nitrogens with zero attached hydrogens (tertiary/aromatic N) is 2. The number of carbonyl (C=O) groups is 2. The van der Waals surface area contributed by atoms with Crippen molar-refractivity contribution in [1.29, 1.82) is 0 Å². The van der Waals surface area contributed by atoms with Gasteiger partial charge in [0.05, 0.1) is 14.2 Å². The van der Waals surface area contributed by atoms with Crippen LogP contribution in [0.15, 0.2) is 42.5 Å². The van der Waals surface area contributed by atoms with E-state index in [1.165, 1.54) is 5.56 Å². The number of benzene rings is 2. The number of carbonyl (C=O) groups excluding carboxylic acids is 2. The summed E-state index contributed by atoms with van der Waals surface area (Å²) in [6, 6.07) is 13.7. The van der Waals surface area contributed by atoms with Gasteiger partial charge in [-0.05, 0) is 70.0 Å². The fraction of sp³-hybridized carbons (Fsp3) is 0.481. The van der Waals surface area contributed by atoms with Crippen molar-refractivity contribution >= 4 is 17.5 Å². The molecule has 0 unspecified atom stereocenters. The van der Waals surface area contributed by atoms with E-state index in [1.807, 2.05) is 36.1 Å². The lowest BCUT2D eigenvalue weighted by Gasteiger charge is -2.41. The molecule has 0 atom stereocenters. The molecule has 1 N–H and O–H groups in total.